The smallest absolute Gasteiger partial charge is 0.225 e. The van der Waals surface area contributed by atoms with Crippen molar-refractivity contribution in [1.29, 1.82) is 0 Å². The first-order valence-corrected chi connectivity index (χ1v) is 9.25. The minimum absolute atomic E-state index is 0.0458. The number of hydrogen-bond donors (Lipinski definition) is 1. The second-order valence-electron chi connectivity index (χ2n) is 7.30. The highest BCUT2D eigenvalue weighted by molar-refractivity contribution is 5.87. The van der Waals surface area contributed by atoms with E-state index in [0.717, 1.165) is 31.2 Å². The van der Waals surface area contributed by atoms with Crippen molar-refractivity contribution in [3.63, 3.8) is 0 Å². The van der Waals surface area contributed by atoms with Gasteiger partial charge in [-0.05, 0) is 29.2 Å². The van der Waals surface area contributed by atoms with Gasteiger partial charge in [-0.2, -0.15) is 0 Å². The molecule has 130 valence electrons. The van der Waals surface area contributed by atoms with Gasteiger partial charge in [-0.15, -0.1) is 0 Å². The Labute approximate surface area is 148 Å². The van der Waals surface area contributed by atoms with Gasteiger partial charge in [-0.1, -0.05) is 55.3 Å². The molecule has 1 N–H and O–H groups in total. The number of rotatable bonds is 4. The largest absolute Gasteiger partial charge is 0.351 e. The summed E-state index contributed by atoms with van der Waals surface area (Å²) in [7, 11) is 0. The van der Waals surface area contributed by atoms with E-state index in [1.54, 1.807) is 0 Å². The standard InChI is InChI=1S/C21H24N2O2/c24-20-12-18(22-21(25)16-7-1-2-8-16)14-23(20)13-17-10-5-9-15-6-3-4-11-19(15)17/h3-6,9-11,16,18H,1-2,7-8,12-14H2,(H,22,25)/t18-/m0/s1. The molecule has 1 aliphatic carbocycles. The van der Waals surface area contributed by atoms with Gasteiger partial charge >= 0.3 is 0 Å². The fourth-order valence-corrected chi connectivity index (χ4v) is 4.16. The van der Waals surface area contributed by atoms with Crippen LogP contribution in [0.4, 0.5) is 0 Å². The number of carbonyl (C=O) groups is 2. The number of carbonyl (C=O) groups excluding carboxylic acids is 2. The van der Waals surface area contributed by atoms with E-state index in [-0.39, 0.29) is 23.8 Å². The van der Waals surface area contributed by atoms with Crippen molar-refractivity contribution in [3.8, 4) is 0 Å². The third kappa shape index (κ3) is 3.39. The lowest BCUT2D eigenvalue weighted by Crippen LogP contribution is -2.39. The quantitative estimate of drug-likeness (QED) is 0.932. The van der Waals surface area contributed by atoms with Crippen molar-refractivity contribution < 1.29 is 9.59 Å². The molecule has 2 aliphatic rings. The van der Waals surface area contributed by atoms with Crippen LogP contribution >= 0.6 is 0 Å². The zero-order valence-electron chi connectivity index (χ0n) is 14.4. The molecule has 4 heteroatoms. The number of fused-ring (bicyclic) bond motifs is 1. The molecule has 2 aromatic rings. The van der Waals surface area contributed by atoms with E-state index in [9.17, 15) is 9.59 Å². The molecule has 1 aliphatic heterocycles. The van der Waals surface area contributed by atoms with Crippen LogP contribution < -0.4 is 5.32 Å². The summed E-state index contributed by atoms with van der Waals surface area (Å²) in [5.74, 6) is 0.425. The van der Waals surface area contributed by atoms with Crippen molar-refractivity contribution in [2.45, 2.75) is 44.7 Å². The van der Waals surface area contributed by atoms with Crippen LogP contribution in [0.5, 0.6) is 0 Å². The van der Waals surface area contributed by atoms with Gasteiger partial charge in [-0.25, -0.2) is 0 Å². The predicted molar refractivity (Wildman–Crippen MR) is 97.9 cm³/mol. The number of amides is 2. The number of nitrogens with zero attached hydrogens (tertiary/aromatic N) is 1. The minimum Gasteiger partial charge on any atom is -0.351 e. The Morgan fingerprint density at radius 3 is 2.68 bits per heavy atom. The molecule has 0 aromatic heterocycles. The summed E-state index contributed by atoms with van der Waals surface area (Å²) in [6.07, 6.45) is 4.70. The Bertz CT molecular complexity index is 790. The van der Waals surface area contributed by atoms with Crippen LogP contribution in [0.15, 0.2) is 42.5 Å². The van der Waals surface area contributed by atoms with Crippen LogP contribution in [0.1, 0.15) is 37.7 Å². The molecule has 1 heterocycles. The molecule has 4 rings (SSSR count). The zero-order chi connectivity index (χ0) is 17.2. The molecule has 0 unspecified atom stereocenters. The molecular weight excluding hydrogens is 312 g/mol. The van der Waals surface area contributed by atoms with E-state index in [2.05, 4.69) is 29.6 Å². The van der Waals surface area contributed by atoms with Gasteiger partial charge in [0.15, 0.2) is 0 Å². The summed E-state index contributed by atoms with van der Waals surface area (Å²) in [6.45, 7) is 1.22. The Morgan fingerprint density at radius 2 is 1.84 bits per heavy atom. The lowest BCUT2D eigenvalue weighted by atomic mass is 10.0. The third-order valence-electron chi connectivity index (χ3n) is 5.53. The van der Waals surface area contributed by atoms with E-state index < -0.39 is 0 Å². The highest BCUT2D eigenvalue weighted by Gasteiger charge is 2.32. The number of benzene rings is 2. The van der Waals surface area contributed by atoms with Crippen LogP contribution in [-0.2, 0) is 16.1 Å². The summed E-state index contributed by atoms with van der Waals surface area (Å²) in [4.78, 5) is 26.6. The van der Waals surface area contributed by atoms with E-state index in [0.29, 0.717) is 19.5 Å². The molecule has 2 fully saturated rings. The number of likely N-dealkylation sites (tertiary alicyclic amines) is 1. The molecule has 1 atom stereocenters. The van der Waals surface area contributed by atoms with Gasteiger partial charge in [0.05, 0.1) is 6.04 Å². The van der Waals surface area contributed by atoms with E-state index in [1.165, 1.54) is 10.8 Å². The van der Waals surface area contributed by atoms with Gasteiger partial charge in [0.2, 0.25) is 11.8 Å². The van der Waals surface area contributed by atoms with Crippen molar-refractivity contribution >= 4 is 22.6 Å². The van der Waals surface area contributed by atoms with E-state index in [1.807, 2.05) is 23.1 Å². The van der Waals surface area contributed by atoms with Gasteiger partial charge in [0, 0.05) is 25.4 Å². The van der Waals surface area contributed by atoms with Crippen molar-refractivity contribution in [3.05, 3.63) is 48.0 Å². The van der Waals surface area contributed by atoms with Gasteiger partial charge in [-0.3, -0.25) is 9.59 Å². The van der Waals surface area contributed by atoms with Crippen LogP contribution in [0.2, 0.25) is 0 Å². The van der Waals surface area contributed by atoms with Crippen LogP contribution in [0.25, 0.3) is 10.8 Å². The van der Waals surface area contributed by atoms with Crippen molar-refractivity contribution in [1.82, 2.24) is 10.2 Å². The Hall–Kier alpha value is -2.36. The molecule has 0 bridgehead atoms. The number of nitrogens with one attached hydrogen (secondary N) is 1. The highest BCUT2D eigenvalue weighted by Crippen LogP contribution is 2.26. The lowest BCUT2D eigenvalue weighted by Gasteiger charge is -2.19. The number of hydrogen-bond acceptors (Lipinski definition) is 2. The SMILES string of the molecule is O=C(N[C@H]1CC(=O)N(Cc2cccc3ccccc23)C1)C1CCCC1. The monoisotopic (exact) mass is 336 g/mol. The summed E-state index contributed by atoms with van der Waals surface area (Å²) >= 11 is 0. The minimum atomic E-state index is -0.0458. The second kappa shape index (κ2) is 6.87. The van der Waals surface area contributed by atoms with Gasteiger partial charge in [0.1, 0.15) is 0 Å². The summed E-state index contributed by atoms with van der Waals surface area (Å²) in [5.41, 5.74) is 1.16. The van der Waals surface area contributed by atoms with E-state index >= 15 is 0 Å². The molecular formula is C21H24N2O2. The topological polar surface area (TPSA) is 49.4 Å². The van der Waals surface area contributed by atoms with Crippen molar-refractivity contribution in [2.75, 3.05) is 6.54 Å². The first-order valence-electron chi connectivity index (χ1n) is 9.25. The third-order valence-corrected chi connectivity index (χ3v) is 5.53. The van der Waals surface area contributed by atoms with Crippen molar-refractivity contribution in [2.24, 2.45) is 5.92 Å². The molecule has 25 heavy (non-hydrogen) atoms. The summed E-state index contributed by atoms with van der Waals surface area (Å²) < 4.78 is 0. The molecule has 0 spiro atoms. The van der Waals surface area contributed by atoms with Crippen LogP contribution in [-0.4, -0.2) is 29.3 Å². The maximum Gasteiger partial charge on any atom is 0.225 e. The van der Waals surface area contributed by atoms with Crippen LogP contribution in [0, 0.1) is 5.92 Å². The zero-order valence-corrected chi connectivity index (χ0v) is 14.4. The Balaban J connectivity index is 1.43. The second-order valence-corrected chi connectivity index (χ2v) is 7.30. The first kappa shape index (κ1) is 16.1. The Morgan fingerprint density at radius 1 is 1.08 bits per heavy atom. The maximum absolute atomic E-state index is 12.4. The summed E-state index contributed by atoms with van der Waals surface area (Å²) in [6, 6.07) is 14.4. The predicted octanol–water partition coefficient (Wildman–Crippen LogP) is 3.25. The average Bonchev–Trinajstić information content (AvgIpc) is 3.26. The highest BCUT2D eigenvalue weighted by atomic mass is 16.2. The Kier molecular flexibility index (Phi) is 4.43. The summed E-state index contributed by atoms with van der Waals surface area (Å²) in [5, 5.41) is 5.49. The lowest BCUT2D eigenvalue weighted by molar-refractivity contribution is -0.128. The molecule has 2 aromatic carbocycles. The molecule has 0 radical (unpaired) electrons. The van der Waals surface area contributed by atoms with Gasteiger partial charge < -0.3 is 10.2 Å². The molecule has 1 saturated heterocycles. The first-order chi connectivity index (χ1) is 12.2. The normalized spacial score (nSPS) is 21.2. The molecule has 2 amide bonds. The van der Waals surface area contributed by atoms with Crippen LogP contribution in [0.3, 0.4) is 0 Å². The fourth-order valence-electron chi connectivity index (χ4n) is 4.16. The average molecular weight is 336 g/mol. The van der Waals surface area contributed by atoms with Gasteiger partial charge in [0.25, 0.3) is 0 Å². The maximum atomic E-state index is 12.4. The molecule has 4 nitrogen and oxygen atoms in total. The molecule has 1 saturated carbocycles. The fraction of sp³-hybridized carbons (Fsp3) is 0.429. The van der Waals surface area contributed by atoms with E-state index in [4.69, 9.17) is 0 Å².